The third-order valence-corrected chi connectivity index (χ3v) is 8.38. The van der Waals surface area contributed by atoms with Gasteiger partial charge in [0, 0.05) is 13.3 Å². The fraction of sp³-hybridized carbons (Fsp3) is 0.730. The van der Waals surface area contributed by atoms with Gasteiger partial charge in [0.15, 0.2) is 18.7 Å². The van der Waals surface area contributed by atoms with Crippen LogP contribution in [0.1, 0.15) is 78.1 Å². The van der Waals surface area contributed by atoms with Crippen molar-refractivity contribution < 1.29 is 73.8 Å². The maximum absolute atomic E-state index is 12.6. The number of aliphatic hydroxyl groups excluding tert-OH is 7. The number of ether oxygens (including phenoxy) is 6. The number of hydrogen-bond donors (Lipinski definition) is 7. The summed E-state index contributed by atoms with van der Waals surface area (Å²) < 4.78 is 32.3. The topological polar surface area (TPSA) is 231 Å². The summed E-state index contributed by atoms with van der Waals surface area (Å²) in [5.74, 6) is -1.15. The Morgan fingerprint density at radius 2 is 1.19 bits per heavy atom. The summed E-state index contributed by atoms with van der Waals surface area (Å²) in [5.41, 5.74) is 0. The van der Waals surface area contributed by atoms with E-state index in [1.165, 1.54) is 6.92 Å². The van der Waals surface area contributed by atoms with E-state index in [4.69, 9.17) is 28.4 Å². The summed E-state index contributed by atoms with van der Waals surface area (Å²) in [5, 5.41) is 70.9. The van der Waals surface area contributed by atoms with E-state index >= 15 is 0 Å². The van der Waals surface area contributed by atoms with Gasteiger partial charge in [-0.15, -0.1) is 0 Å². The normalized spacial score (nSPS) is 30.5. The molecular formula is C37H60O15. The highest BCUT2D eigenvalue weighted by Crippen LogP contribution is 2.26. The van der Waals surface area contributed by atoms with Gasteiger partial charge in [-0.2, -0.15) is 0 Å². The van der Waals surface area contributed by atoms with Crippen molar-refractivity contribution in [3.05, 3.63) is 48.6 Å². The highest BCUT2D eigenvalue weighted by atomic mass is 16.7. The molecule has 11 atom stereocenters. The highest BCUT2D eigenvalue weighted by molar-refractivity contribution is 5.69. The molecule has 0 spiro atoms. The lowest BCUT2D eigenvalue weighted by molar-refractivity contribution is -0.332. The average Bonchev–Trinajstić information content (AvgIpc) is 3.12. The number of carbonyl (C=O) groups excluding carboxylic acids is 2. The molecule has 2 heterocycles. The molecule has 11 unspecified atom stereocenters. The standard InChI is InChI=1S/C37H60O15/c1-3-4-5-6-7-8-9-10-11-12-13-14-15-16-17-18-19-20-29(40)50-26(22-47-25(2)39)23-48-36-35(46)33(44)31(42)28(52-36)24-49-37-34(45)32(43)30(41)27(21-38)51-37/h4-5,7-8,10-11,13-14,26-28,30-38,41-46H,3,6,9,12,15-24H2,1-2H3/b5-4-,8-7-,11-10-,14-13-. The van der Waals surface area contributed by atoms with Gasteiger partial charge in [-0.25, -0.2) is 0 Å². The first kappa shape index (κ1) is 45.6. The monoisotopic (exact) mass is 744 g/mol. The third-order valence-electron chi connectivity index (χ3n) is 8.38. The minimum absolute atomic E-state index is 0.130. The molecule has 0 aromatic carbocycles. The van der Waals surface area contributed by atoms with Gasteiger partial charge >= 0.3 is 11.9 Å². The quantitative estimate of drug-likeness (QED) is 0.0419. The van der Waals surface area contributed by atoms with Crippen molar-refractivity contribution in [1.29, 1.82) is 0 Å². The van der Waals surface area contributed by atoms with E-state index in [0.29, 0.717) is 6.42 Å². The Kier molecular flexibility index (Phi) is 23.0. The second kappa shape index (κ2) is 26.3. The van der Waals surface area contributed by atoms with Crippen molar-refractivity contribution in [2.24, 2.45) is 0 Å². The number of unbranched alkanes of at least 4 members (excludes halogenated alkanes) is 4. The van der Waals surface area contributed by atoms with E-state index in [2.05, 4.69) is 55.5 Å². The lowest BCUT2D eigenvalue weighted by atomic mass is 9.98. The number of hydrogen-bond acceptors (Lipinski definition) is 15. The molecule has 0 radical (unpaired) electrons. The molecule has 298 valence electrons. The van der Waals surface area contributed by atoms with Gasteiger partial charge in [-0.1, -0.05) is 68.4 Å². The van der Waals surface area contributed by atoms with Gasteiger partial charge in [0.25, 0.3) is 0 Å². The maximum atomic E-state index is 12.6. The Morgan fingerprint density at radius 1 is 0.654 bits per heavy atom. The zero-order valence-electron chi connectivity index (χ0n) is 30.3. The van der Waals surface area contributed by atoms with Crippen LogP contribution in [0, 0.1) is 0 Å². The van der Waals surface area contributed by atoms with Gasteiger partial charge in [0.1, 0.15) is 55.4 Å². The Morgan fingerprint density at radius 3 is 1.79 bits per heavy atom. The molecular weight excluding hydrogens is 684 g/mol. The first-order valence-corrected chi connectivity index (χ1v) is 18.2. The molecule has 15 nitrogen and oxygen atoms in total. The summed E-state index contributed by atoms with van der Waals surface area (Å²) in [4.78, 5) is 24.0. The highest BCUT2D eigenvalue weighted by Gasteiger charge is 2.47. The molecule has 2 saturated heterocycles. The molecule has 0 aromatic heterocycles. The van der Waals surface area contributed by atoms with E-state index in [9.17, 15) is 45.3 Å². The zero-order chi connectivity index (χ0) is 38.3. The van der Waals surface area contributed by atoms with Gasteiger partial charge in [0.2, 0.25) is 0 Å². The van der Waals surface area contributed by atoms with Gasteiger partial charge in [-0.05, 0) is 44.9 Å². The molecule has 2 rings (SSSR count). The van der Waals surface area contributed by atoms with Crippen LogP contribution in [-0.4, -0.2) is 142 Å². The fourth-order valence-electron chi connectivity index (χ4n) is 5.34. The second-order valence-corrected chi connectivity index (χ2v) is 12.7. The number of aliphatic hydroxyl groups is 7. The summed E-state index contributed by atoms with van der Waals surface area (Å²) in [6.45, 7) is 1.34. The largest absolute Gasteiger partial charge is 0.462 e. The summed E-state index contributed by atoms with van der Waals surface area (Å²) >= 11 is 0. The molecule has 2 aliphatic heterocycles. The van der Waals surface area contributed by atoms with Crippen molar-refractivity contribution in [2.75, 3.05) is 26.4 Å². The first-order chi connectivity index (χ1) is 25.0. The molecule has 0 amide bonds. The van der Waals surface area contributed by atoms with E-state index < -0.39 is 99.3 Å². The van der Waals surface area contributed by atoms with Crippen LogP contribution in [0.4, 0.5) is 0 Å². The zero-order valence-corrected chi connectivity index (χ0v) is 30.3. The van der Waals surface area contributed by atoms with Crippen LogP contribution in [-0.2, 0) is 38.0 Å². The van der Waals surface area contributed by atoms with Crippen LogP contribution < -0.4 is 0 Å². The van der Waals surface area contributed by atoms with Crippen LogP contribution in [0.5, 0.6) is 0 Å². The van der Waals surface area contributed by atoms with Gasteiger partial charge < -0.3 is 64.2 Å². The average molecular weight is 745 g/mol. The van der Waals surface area contributed by atoms with Crippen LogP contribution in [0.25, 0.3) is 0 Å². The minimum Gasteiger partial charge on any atom is -0.462 e. The Balaban J connectivity index is 1.74. The lowest BCUT2D eigenvalue weighted by Gasteiger charge is -2.42. The Bertz CT molecular complexity index is 1110. The Labute approximate surface area is 306 Å². The number of esters is 2. The molecule has 0 saturated carbocycles. The SMILES string of the molecule is CC/C=C\C/C=C\C/C=C\C/C=C\CCCCCCC(=O)OC(COC(C)=O)COC1OC(COC2OC(CO)C(O)C(O)C2O)C(O)C(O)C1O. The van der Waals surface area contributed by atoms with Crippen molar-refractivity contribution in [2.45, 2.75) is 146 Å². The smallest absolute Gasteiger partial charge is 0.306 e. The molecule has 0 aliphatic carbocycles. The number of allylic oxidation sites excluding steroid dienone is 8. The molecule has 52 heavy (non-hydrogen) atoms. The van der Waals surface area contributed by atoms with E-state index in [0.717, 1.165) is 51.4 Å². The predicted molar refractivity (Wildman–Crippen MR) is 187 cm³/mol. The van der Waals surface area contributed by atoms with E-state index in [1.54, 1.807) is 0 Å². The van der Waals surface area contributed by atoms with Gasteiger partial charge in [0.05, 0.1) is 19.8 Å². The number of carbonyl (C=O) groups is 2. The summed E-state index contributed by atoms with van der Waals surface area (Å²) in [7, 11) is 0. The summed E-state index contributed by atoms with van der Waals surface area (Å²) in [6, 6.07) is 0. The summed E-state index contributed by atoms with van der Waals surface area (Å²) in [6.07, 6.45) is 8.61. The number of rotatable bonds is 24. The van der Waals surface area contributed by atoms with E-state index in [-0.39, 0.29) is 13.0 Å². The van der Waals surface area contributed by atoms with Crippen molar-refractivity contribution in [1.82, 2.24) is 0 Å². The Hall–Kier alpha value is -2.54. The molecule has 0 bridgehead atoms. The van der Waals surface area contributed by atoms with Crippen molar-refractivity contribution >= 4 is 11.9 Å². The van der Waals surface area contributed by atoms with Crippen molar-refractivity contribution in [3.8, 4) is 0 Å². The van der Waals surface area contributed by atoms with Crippen molar-refractivity contribution in [3.63, 3.8) is 0 Å². The fourth-order valence-corrected chi connectivity index (χ4v) is 5.34. The molecule has 0 aromatic rings. The van der Waals surface area contributed by atoms with Crippen LogP contribution >= 0.6 is 0 Å². The maximum Gasteiger partial charge on any atom is 0.306 e. The van der Waals surface area contributed by atoms with Crippen LogP contribution in [0.2, 0.25) is 0 Å². The molecule has 2 aliphatic rings. The predicted octanol–water partition coefficient (Wildman–Crippen LogP) is 1.25. The van der Waals surface area contributed by atoms with E-state index in [1.807, 2.05) is 0 Å². The minimum atomic E-state index is -1.76. The third kappa shape index (κ3) is 17.1. The molecule has 15 heteroatoms. The van der Waals surface area contributed by atoms with Crippen LogP contribution in [0.3, 0.4) is 0 Å². The second-order valence-electron chi connectivity index (χ2n) is 12.7. The first-order valence-electron chi connectivity index (χ1n) is 18.2. The lowest BCUT2D eigenvalue weighted by Crippen LogP contribution is -2.61. The van der Waals surface area contributed by atoms with Crippen LogP contribution in [0.15, 0.2) is 48.6 Å². The van der Waals surface area contributed by atoms with Gasteiger partial charge in [-0.3, -0.25) is 9.59 Å². The molecule has 2 fully saturated rings. The molecule has 7 N–H and O–H groups in total.